The smallest absolute Gasteiger partial charge is 0.315 e. The van der Waals surface area contributed by atoms with Crippen molar-refractivity contribution in [1.82, 2.24) is 15.2 Å². The van der Waals surface area contributed by atoms with Gasteiger partial charge in [0.2, 0.25) is 0 Å². The van der Waals surface area contributed by atoms with E-state index in [4.69, 9.17) is 0 Å². The summed E-state index contributed by atoms with van der Waals surface area (Å²) in [5.41, 5.74) is 3.74. The lowest BCUT2D eigenvalue weighted by Crippen LogP contribution is -2.40. The molecule has 2 aromatic rings. The normalized spacial score (nSPS) is 14.6. The van der Waals surface area contributed by atoms with Gasteiger partial charge < -0.3 is 15.1 Å². The van der Waals surface area contributed by atoms with Crippen LogP contribution in [-0.2, 0) is 16.0 Å². The van der Waals surface area contributed by atoms with Crippen molar-refractivity contribution in [2.75, 3.05) is 44.4 Å². The number of likely N-dealkylation sites (N-methyl/N-ethyl adjacent to an activating group) is 1. The number of carbonyl (C=O) groups is 2. The summed E-state index contributed by atoms with van der Waals surface area (Å²) in [6, 6.07) is 6.46. The molecule has 0 saturated carbocycles. The molecule has 0 spiro atoms. The molecule has 3 rings (SSSR count). The highest BCUT2D eigenvalue weighted by molar-refractivity contribution is 7.13. The number of fused-ring (bicyclic) bond motifs is 1. The molecule has 1 aliphatic rings. The first-order chi connectivity index (χ1) is 13.0. The Kier molecular flexibility index (Phi) is 6.08. The standard InChI is InChI=1S/C19H25N5O2S/c1-23(2)16(12-21-17(25)18(26)22-19-20-8-10-27-19)14-6-7-15-13(11-14)5-4-9-24(15)3/h6-8,10-11,16H,4-5,9,12H2,1-3H3,(H,21,25)(H,20,22,26)/t16-/m1/s1. The van der Waals surface area contributed by atoms with Gasteiger partial charge in [-0.05, 0) is 44.1 Å². The average molecular weight is 388 g/mol. The molecule has 1 atom stereocenters. The lowest BCUT2D eigenvalue weighted by molar-refractivity contribution is -0.136. The third kappa shape index (κ3) is 4.64. The number of carbonyl (C=O) groups excluding carboxylic acids is 2. The van der Waals surface area contributed by atoms with Gasteiger partial charge in [0.25, 0.3) is 0 Å². The van der Waals surface area contributed by atoms with E-state index in [0.717, 1.165) is 24.9 Å². The van der Waals surface area contributed by atoms with E-state index >= 15 is 0 Å². The number of hydrogen-bond donors (Lipinski definition) is 2. The highest BCUT2D eigenvalue weighted by Crippen LogP contribution is 2.29. The first-order valence-electron chi connectivity index (χ1n) is 8.94. The van der Waals surface area contributed by atoms with Gasteiger partial charge in [0.1, 0.15) is 0 Å². The van der Waals surface area contributed by atoms with Crippen LogP contribution in [0, 0.1) is 0 Å². The number of aromatic nitrogens is 1. The molecule has 27 heavy (non-hydrogen) atoms. The summed E-state index contributed by atoms with van der Waals surface area (Å²) in [5.74, 6) is -1.36. The van der Waals surface area contributed by atoms with Gasteiger partial charge in [-0.25, -0.2) is 4.98 Å². The molecule has 2 amide bonds. The Labute approximate surface area is 163 Å². The van der Waals surface area contributed by atoms with E-state index < -0.39 is 11.8 Å². The van der Waals surface area contributed by atoms with Crippen LogP contribution in [0.4, 0.5) is 10.8 Å². The molecule has 2 heterocycles. The quantitative estimate of drug-likeness (QED) is 0.766. The fourth-order valence-corrected chi connectivity index (χ4v) is 3.84. The molecular weight excluding hydrogens is 362 g/mol. The van der Waals surface area contributed by atoms with Crippen molar-refractivity contribution in [3.8, 4) is 0 Å². The van der Waals surface area contributed by atoms with Gasteiger partial charge in [0.05, 0.1) is 6.04 Å². The summed E-state index contributed by atoms with van der Waals surface area (Å²) in [6.45, 7) is 1.43. The monoisotopic (exact) mass is 387 g/mol. The fourth-order valence-electron chi connectivity index (χ4n) is 3.32. The van der Waals surface area contributed by atoms with Crippen LogP contribution in [0.5, 0.6) is 0 Å². The number of rotatable bonds is 5. The maximum Gasteiger partial charge on any atom is 0.315 e. The van der Waals surface area contributed by atoms with Crippen molar-refractivity contribution in [1.29, 1.82) is 0 Å². The molecule has 1 aromatic heterocycles. The zero-order valence-corrected chi connectivity index (χ0v) is 16.7. The van der Waals surface area contributed by atoms with Crippen molar-refractivity contribution in [2.45, 2.75) is 18.9 Å². The van der Waals surface area contributed by atoms with Crippen LogP contribution >= 0.6 is 11.3 Å². The van der Waals surface area contributed by atoms with Crippen molar-refractivity contribution in [2.24, 2.45) is 0 Å². The molecule has 7 nitrogen and oxygen atoms in total. The SMILES string of the molecule is CN1CCCc2cc([C@@H](CNC(=O)C(=O)Nc3nccs3)N(C)C)ccc21. The molecule has 144 valence electrons. The minimum atomic E-state index is -0.700. The number of nitrogens with one attached hydrogen (secondary N) is 2. The summed E-state index contributed by atoms with van der Waals surface area (Å²) >= 11 is 1.27. The van der Waals surface area contributed by atoms with E-state index in [1.165, 1.54) is 22.6 Å². The molecule has 0 radical (unpaired) electrons. The van der Waals surface area contributed by atoms with Crippen LogP contribution in [-0.4, -0.2) is 55.9 Å². The van der Waals surface area contributed by atoms with Crippen molar-refractivity contribution in [3.63, 3.8) is 0 Å². The number of hydrogen-bond acceptors (Lipinski definition) is 6. The Bertz CT molecular complexity index is 806. The number of amides is 2. The minimum Gasteiger partial charge on any atom is -0.374 e. The van der Waals surface area contributed by atoms with Gasteiger partial charge >= 0.3 is 11.8 Å². The third-order valence-corrected chi connectivity index (χ3v) is 5.47. The molecule has 0 aliphatic carbocycles. The van der Waals surface area contributed by atoms with Gasteiger partial charge in [-0.15, -0.1) is 11.3 Å². The Morgan fingerprint density at radius 3 is 2.85 bits per heavy atom. The maximum atomic E-state index is 12.1. The summed E-state index contributed by atoms with van der Waals surface area (Å²) in [6.07, 6.45) is 3.79. The van der Waals surface area contributed by atoms with Crippen LogP contribution < -0.4 is 15.5 Å². The topological polar surface area (TPSA) is 77.6 Å². The zero-order chi connectivity index (χ0) is 19.4. The second kappa shape index (κ2) is 8.49. The highest BCUT2D eigenvalue weighted by Gasteiger charge is 2.21. The molecule has 2 N–H and O–H groups in total. The number of benzene rings is 1. The van der Waals surface area contributed by atoms with Crippen LogP contribution in [0.3, 0.4) is 0 Å². The Balaban J connectivity index is 1.66. The largest absolute Gasteiger partial charge is 0.374 e. The average Bonchev–Trinajstić information content (AvgIpc) is 3.14. The van der Waals surface area contributed by atoms with Crippen molar-refractivity contribution in [3.05, 3.63) is 40.9 Å². The van der Waals surface area contributed by atoms with Gasteiger partial charge in [0, 0.05) is 37.4 Å². The lowest BCUT2D eigenvalue weighted by Gasteiger charge is -2.30. The van der Waals surface area contributed by atoms with Crippen molar-refractivity contribution < 1.29 is 9.59 Å². The fraction of sp³-hybridized carbons (Fsp3) is 0.421. The van der Waals surface area contributed by atoms with E-state index in [2.05, 4.69) is 45.8 Å². The third-order valence-electron chi connectivity index (χ3n) is 4.78. The van der Waals surface area contributed by atoms with Gasteiger partial charge in [-0.2, -0.15) is 0 Å². The first-order valence-corrected chi connectivity index (χ1v) is 9.82. The van der Waals surface area contributed by atoms with Gasteiger partial charge in [-0.3, -0.25) is 14.9 Å². The summed E-state index contributed by atoms with van der Waals surface area (Å²) in [4.78, 5) is 32.4. The number of nitrogens with zero attached hydrogens (tertiary/aromatic N) is 3. The molecule has 1 aliphatic heterocycles. The Morgan fingerprint density at radius 1 is 1.33 bits per heavy atom. The van der Waals surface area contributed by atoms with Crippen LogP contribution in [0.2, 0.25) is 0 Å². The maximum absolute atomic E-state index is 12.1. The molecule has 0 bridgehead atoms. The predicted molar refractivity (Wildman–Crippen MR) is 108 cm³/mol. The lowest BCUT2D eigenvalue weighted by atomic mass is 9.96. The molecule has 1 aromatic carbocycles. The second-order valence-corrected chi connectivity index (χ2v) is 7.79. The molecule has 8 heteroatoms. The van der Waals surface area contributed by atoms with E-state index in [0.29, 0.717) is 11.7 Å². The number of thiazole rings is 1. The van der Waals surface area contributed by atoms with E-state index in [9.17, 15) is 9.59 Å². The summed E-state index contributed by atoms with van der Waals surface area (Å²) < 4.78 is 0. The van der Waals surface area contributed by atoms with Crippen LogP contribution in [0.1, 0.15) is 23.6 Å². The second-order valence-electron chi connectivity index (χ2n) is 6.89. The van der Waals surface area contributed by atoms with E-state index in [1.807, 2.05) is 19.0 Å². The first kappa shape index (κ1) is 19.3. The van der Waals surface area contributed by atoms with E-state index in [1.54, 1.807) is 11.6 Å². The number of anilines is 2. The van der Waals surface area contributed by atoms with Gasteiger partial charge in [0.15, 0.2) is 5.13 Å². The van der Waals surface area contributed by atoms with Crippen molar-refractivity contribution >= 4 is 34.0 Å². The number of aryl methyl sites for hydroxylation is 1. The molecule has 0 saturated heterocycles. The zero-order valence-electron chi connectivity index (χ0n) is 15.9. The van der Waals surface area contributed by atoms with E-state index in [-0.39, 0.29) is 6.04 Å². The highest BCUT2D eigenvalue weighted by atomic mass is 32.1. The predicted octanol–water partition coefficient (Wildman–Crippen LogP) is 1.88. The van der Waals surface area contributed by atoms with Crippen LogP contribution in [0.25, 0.3) is 0 Å². The molecular formula is C19H25N5O2S. The molecule has 0 unspecified atom stereocenters. The van der Waals surface area contributed by atoms with Crippen LogP contribution in [0.15, 0.2) is 29.8 Å². The summed E-state index contributed by atoms with van der Waals surface area (Å²) in [7, 11) is 6.05. The Hall–Kier alpha value is -2.45. The summed E-state index contributed by atoms with van der Waals surface area (Å²) in [5, 5.41) is 7.39. The Morgan fingerprint density at radius 2 is 2.15 bits per heavy atom. The van der Waals surface area contributed by atoms with Gasteiger partial charge in [-0.1, -0.05) is 12.1 Å². The minimum absolute atomic E-state index is 0.0147. The molecule has 0 fully saturated rings.